The van der Waals surface area contributed by atoms with Crippen LogP contribution >= 0.6 is 24.0 Å². The number of carbonyl (C=O) groups excluding carboxylic acids is 1. The molecule has 5 nitrogen and oxygen atoms in total. The van der Waals surface area contributed by atoms with Crippen LogP contribution in [0, 0.1) is 5.92 Å². The Morgan fingerprint density at radius 3 is 2.61 bits per heavy atom. The number of rotatable bonds is 5. The second-order valence-corrected chi connectivity index (χ2v) is 8.04. The lowest BCUT2D eigenvalue weighted by Crippen LogP contribution is -2.45. The van der Waals surface area contributed by atoms with Gasteiger partial charge in [0.15, 0.2) is 5.96 Å². The molecule has 1 fully saturated rings. The fraction of sp³-hybridized carbons (Fsp3) is 0.636. The standard InChI is InChI=1S/C22H34N4O.HI/c1-17-9-11-20(12-10-17)25-22(23-2)24-14-5-8-21(27)26-15-13-18-6-3-4-7-19(18)16-26;/h3-4,6-7,17,20H,5,8-16H2,1-2H3,(H2,23,24,25);1H. The predicted octanol–water partition coefficient (Wildman–Crippen LogP) is 3.71. The maximum atomic E-state index is 12.5. The summed E-state index contributed by atoms with van der Waals surface area (Å²) < 4.78 is 0. The van der Waals surface area contributed by atoms with Crippen LogP contribution in [-0.2, 0) is 17.8 Å². The zero-order valence-corrected chi connectivity index (χ0v) is 19.6. The largest absolute Gasteiger partial charge is 0.356 e. The minimum absolute atomic E-state index is 0. The fourth-order valence-corrected chi connectivity index (χ4v) is 4.11. The highest BCUT2D eigenvalue weighted by molar-refractivity contribution is 14.0. The van der Waals surface area contributed by atoms with E-state index in [-0.39, 0.29) is 29.9 Å². The molecule has 1 aromatic rings. The topological polar surface area (TPSA) is 56.7 Å². The molecule has 2 aliphatic rings. The Balaban J connectivity index is 0.00000280. The van der Waals surface area contributed by atoms with Crippen molar-refractivity contribution >= 4 is 35.8 Å². The third-order valence-corrected chi connectivity index (χ3v) is 5.92. The van der Waals surface area contributed by atoms with Crippen molar-refractivity contribution in [3.8, 4) is 0 Å². The molecule has 0 spiro atoms. The first-order valence-electron chi connectivity index (χ1n) is 10.5. The van der Waals surface area contributed by atoms with Crippen molar-refractivity contribution in [3.63, 3.8) is 0 Å². The molecule has 0 radical (unpaired) electrons. The number of guanidine groups is 1. The van der Waals surface area contributed by atoms with Crippen LogP contribution in [0.3, 0.4) is 0 Å². The molecule has 156 valence electrons. The van der Waals surface area contributed by atoms with E-state index < -0.39 is 0 Å². The zero-order valence-electron chi connectivity index (χ0n) is 17.2. The third kappa shape index (κ3) is 6.64. The van der Waals surface area contributed by atoms with Gasteiger partial charge in [0.2, 0.25) is 5.91 Å². The van der Waals surface area contributed by atoms with Crippen molar-refractivity contribution in [3.05, 3.63) is 35.4 Å². The molecule has 1 amide bonds. The minimum atomic E-state index is 0. The Bertz CT molecular complexity index is 656. The van der Waals surface area contributed by atoms with Gasteiger partial charge in [-0.05, 0) is 55.6 Å². The van der Waals surface area contributed by atoms with Crippen LogP contribution in [0.5, 0.6) is 0 Å². The molecule has 1 aliphatic heterocycles. The number of nitrogens with zero attached hydrogens (tertiary/aromatic N) is 2. The van der Waals surface area contributed by atoms with Crippen LogP contribution in [0.25, 0.3) is 0 Å². The number of amides is 1. The Kier molecular flexibility index (Phi) is 9.55. The molecule has 0 atom stereocenters. The number of aliphatic imine (C=N–C) groups is 1. The van der Waals surface area contributed by atoms with E-state index >= 15 is 0 Å². The van der Waals surface area contributed by atoms with Gasteiger partial charge < -0.3 is 15.5 Å². The zero-order chi connectivity index (χ0) is 19.1. The molecule has 1 aliphatic carbocycles. The molecule has 0 aromatic heterocycles. The van der Waals surface area contributed by atoms with Crippen LogP contribution in [0.2, 0.25) is 0 Å². The van der Waals surface area contributed by atoms with E-state index in [0.29, 0.717) is 12.5 Å². The Morgan fingerprint density at radius 2 is 1.89 bits per heavy atom. The smallest absolute Gasteiger partial charge is 0.222 e. The van der Waals surface area contributed by atoms with Gasteiger partial charge in [0, 0.05) is 39.1 Å². The second-order valence-electron chi connectivity index (χ2n) is 8.04. The number of fused-ring (bicyclic) bond motifs is 1. The molecule has 1 heterocycles. The van der Waals surface area contributed by atoms with Gasteiger partial charge >= 0.3 is 0 Å². The first kappa shape index (κ1) is 23.0. The summed E-state index contributed by atoms with van der Waals surface area (Å²) in [5, 5.41) is 6.90. The molecule has 28 heavy (non-hydrogen) atoms. The van der Waals surface area contributed by atoms with E-state index in [2.05, 4.69) is 46.8 Å². The normalized spacial score (nSPS) is 22.1. The lowest BCUT2D eigenvalue weighted by Gasteiger charge is -2.29. The molecule has 1 aromatic carbocycles. The quantitative estimate of drug-likeness (QED) is 0.282. The van der Waals surface area contributed by atoms with E-state index in [1.807, 2.05) is 11.9 Å². The lowest BCUT2D eigenvalue weighted by atomic mass is 9.87. The predicted molar refractivity (Wildman–Crippen MR) is 126 cm³/mol. The van der Waals surface area contributed by atoms with Gasteiger partial charge in [-0.2, -0.15) is 0 Å². The first-order valence-corrected chi connectivity index (χ1v) is 10.5. The molecule has 2 N–H and O–H groups in total. The molecule has 6 heteroatoms. The van der Waals surface area contributed by atoms with Crippen LogP contribution in [-0.4, -0.2) is 42.9 Å². The number of benzene rings is 1. The molecule has 1 saturated carbocycles. The highest BCUT2D eigenvalue weighted by Gasteiger charge is 2.20. The Hall–Kier alpha value is -1.31. The maximum Gasteiger partial charge on any atom is 0.222 e. The molecular weight excluding hydrogens is 463 g/mol. The summed E-state index contributed by atoms with van der Waals surface area (Å²) >= 11 is 0. The molecule has 0 bridgehead atoms. The summed E-state index contributed by atoms with van der Waals surface area (Å²) in [4.78, 5) is 18.9. The van der Waals surface area contributed by atoms with Crippen molar-refractivity contribution < 1.29 is 4.79 Å². The van der Waals surface area contributed by atoms with Crippen molar-refractivity contribution in [2.75, 3.05) is 20.1 Å². The SMILES string of the molecule is CN=C(NCCCC(=O)N1CCc2ccccc2C1)NC1CCC(C)CC1.I. The minimum Gasteiger partial charge on any atom is -0.356 e. The van der Waals surface area contributed by atoms with Gasteiger partial charge in [0.25, 0.3) is 0 Å². The third-order valence-electron chi connectivity index (χ3n) is 5.92. The molecule has 3 rings (SSSR count). The van der Waals surface area contributed by atoms with E-state index in [9.17, 15) is 4.79 Å². The van der Waals surface area contributed by atoms with Gasteiger partial charge in [0.1, 0.15) is 0 Å². The Morgan fingerprint density at radius 1 is 1.18 bits per heavy atom. The average molecular weight is 498 g/mol. The van der Waals surface area contributed by atoms with Crippen LogP contribution in [0.1, 0.15) is 56.6 Å². The number of nitrogens with one attached hydrogen (secondary N) is 2. The highest BCUT2D eigenvalue weighted by Crippen LogP contribution is 2.23. The highest BCUT2D eigenvalue weighted by atomic mass is 127. The Labute approximate surface area is 186 Å². The molecule has 0 saturated heterocycles. The van der Waals surface area contributed by atoms with Gasteiger partial charge in [-0.25, -0.2) is 0 Å². The summed E-state index contributed by atoms with van der Waals surface area (Å²) in [5.41, 5.74) is 2.68. The van der Waals surface area contributed by atoms with Crippen molar-refractivity contribution in [1.29, 1.82) is 0 Å². The first-order chi connectivity index (χ1) is 13.2. The van der Waals surface area contributed by atoms with E-state index in [4.69, 9.17) is 0 Å². The molecular formula is C22H35IN4O. The van der Waals surface area contributed by atoms with Gasteiger partial charge in [0.05, 0.1) is 0 Å². The lowest BCUT2D eigenvalue weighted by molar-refractivity contribution is -0.132. The van der Waals surface area contributed by atoms with Crippen molar-refractivity contribution in [2.24, 2.45) is 10.9 Å². The van der Waals surface area contributed by atoms with Gasteiger partial charge in [-0.3, -0.25) is 9.79 Å². The summed E-state index contributed by atoms with van der Waals surface area (Å²) in [6.45, 7) is 4.71. The summed E-state index contributed by atoms with van der Waals surface area (Å²) in [5.74, 6) is 1.98. The van der Waals surface area contributed by atoms with Crippen LogP contribution in [0.4, 0.5) is 0 Å². The van der Waals surface area contributed by atoms with Gasteiger partial charge in [-0.1, -0.05) is 31.2 Å². The van der Waals surface area contributed by atoms with Crippen molar-refractivity contribution in [2.45, 2.75) is 64.5 Å². The maximum absolute atomic E-state index is 12.5. The summed E-state index contributed by atoms with van der Waals surface area (Å²) in [7, 11) is 1.82. The van der Waals surface area contributed by atoms with E-state index in [0.717, 1.165) is 44.4 Å². The van der Waals surface area contributed by atoms with E-state index in [1.54, 1.807) is 0 Å². The fourth-order valence-electron chi connectivity index (χ4n) is 4.11. The molecule has 0 unspecified atom stereocenters. The van der Waals surface area contributed by atoms with Crippen molar-refractivity contribution in [1.82, 2.24) is 15.5 Å². The number of carbonyl (C=O) groups is 1. The monoisotopic (exact) mass is 498 g/mol. The van der Waals surface area contributed by atoms with Gasteiger partial charge in [-0.15, -0.1) is 24.0 Å². The van der Waals surface area contributed by atoms with E-state index in [1.165, 1.54) is 36.8 Å². The average Bonchev–Trinajstić information content (AvgIpc) is 2.71. The van der Waals surface area contributed by atoms with Crippen LogP contribution in [0.15, 0.2) is 29.3 Å². The summed E-state index contributed by atoms with van der Waals surface area (Å²) in [6.07, 6.45) is 7.42. The second kappa shape index (κ2) is 11.6. The number of hydrogen-bond acceptors (Lipinski definition) is 2. The number of hydrogen-bond donors (Lipinski definition) is 2. The number of halogens is 1. The summed E-state index contributed by atoms with van der Waals surface area (Å²) in [6, 6.07) is 8.98. The van der Waals surface area contributed by atoms with Crippen LogP contribution < -0.4 is 10.6 Å².